The summed E-state index contributed by atoms with van der Waals surface area (Å²) in [6, 6.07) is 11.2. The van der Waals surface area contributed by atoms with Gasteiger partial charge in [0.05, 0.1) is 5.56 Å². The number of allylic oxidation sites excluding steroid dienone is 4. The fourth-order valence-electron chi connectivity index (χ4n) is 2.57. The Morgan fingerprint density at radius 1 is 1.17 bits per heavy atom. The Morgan fingerprint density at radius 2 is 1.93 bits per heavy atom. The summed E-state index contributed by atoms with van der Waals surface area (Å²) in [5, 5.41) is 12.9. The number of nitrogens with zero attached hydrogens (tertiary/aromatic N) is 1. The number of carbonyl (C=O) groups is 1. The molecule has 0 aliphatic carbocycles. The second-order valence-electron chi connectivity index (χ2n) is 5.83. The topological polar surface area (TPSA) is 62.2 Å². The third-order valence-electron chi connectivity index (χ3n) is 3.93. The van der Waals surface area contributed by atoms with Crippen LogP contribution in [0.4, 0.5) is 10.1 Å². The van der Waals surface area contributed by atoms with Gasteiger partial charge >= 0.3 is 5.97 Å². The number of hydrogen-bond donors (Lipinski definition) is 2. The van der Waals surface area contributed by atoms with Gasteiger partial charge in [-0.2, -0.15) is 0 Å². The highest BCUT2D eigenvalue weighted by Crippen LogP contribution is 2.31. The number of hydrogen-bond acceptors (Lipinski definition) is 5. The van der Waals surface area contributed by atoms with Crippen LogP contribution in [0.1, 0.15) is 15.9 Å². The number of thiazole rings is 1. The van der Waals surface area contributed by atoms with Gasteiger partial charge in [0, 0.05) is 28.6 Å². The summed E-state index contributed by atoms with van der Waals surface area (Å²) in [5.41, 5.74) is 2.96. The lowest BCUT2D eigenvalue weighted by atomic mass is 9.98. The van der Waals surface area contributed by atoms with Gasteiger partial charge in [0.1, 0.15) is 15.9 Å². The van der Waals surface area contributed by atoms with E-state index in [0.29, 0.717) is 11.1 Å². The minimum Gasteiger partial charge on any atom is -0.478 e. The van der Waals surface area contributed by atoms with E-state index in [1.807, 2.05) is 5.38 Å². The molecule has 0 bridgehead atoms. The minimum absolute atomic E-state index is 0.181. The van der Waals surface area contributed by atoms with Crippen molar-refractivity contribution in [1.29, 1.82) is 0 Å². The Labute approximate surface area is 176 Å². The van der Waals surface area contributed by atoms with E-state index >= 15 is 0 Å². The van der Waals surface area contributed by atoms with E-state index in [2.05, 4.69) is 22.9 Å². The molecule has 0 fully saturated rings. The quantitative estimate of drug-likeness (QED) is 0.318. The third-order valence-corrected chi connectivity index (χ3v) is 5.72. The molecular weight excluding hydrogens is 407 g/mol. The van der Waals surface area contributed by atoms with Crippen LogP contribution in [0, 0.1) is 5.82 Å². The first kappa shape index (κ1) is 20.6. The third kappa shape index (κ3) is 5.01. The molecule has 4 nitrogen and oxygen atoms in total. The first-order chi connectivity index (χ1) is 14.0. The van der Waals surface area contributed by atoms with Gasteiger partial charge in [-0.05, 0) is 53.6 Å². The van der Waals surface area contributed by atoms with Gasteiger partial charge in [0.2, 0.25) is 0 Å². The Hall–Kier alpha value is -3.16. The zero-order valence-electron chi connectivity index (χ0n) is 15.3. The number of benzene rings is 2. The molecule has 0 atom stereocenters. The van der Waals surface area contributed by atoms with Crippen molar-refractivity contribution in [2.75, 3.05) is 4.72 Å². The molecule has 146 valence electrons. The molecule has 0 saturated carbocycles. The van der Waals surface area contributed by atoms with Crippen LogP contribution in [-0.2, 0) is 0 Å². The number of aromatic carboxylic acids is 1. The summed E-state index contributed by atoms with van der Waals surface area (Å²) in [5.74, 6) is -1.30. The number of rotatable bonds is 8. The molecule has 1 heterocycles. The van der Waals surface area contributed by atoms with Gasteiger partial charge in [0.15, 0.2) is 0 Å². The molecule has 2 N–H and O–H groups in total. The van der Waals surface area contributed by atoms with E-state index in [1.165, 1.54) is 35.4 Å². The van der Waals surface area contributed by atoms with Crippen molar-refractivity contribution in [2.45, 2.75) is 5.03 Å². The Kier molecular flexibility index (Phi) is 6.64. The van der Waals surface area contributed by atoms with Gasteiger partial charge < -0.3 is 9.83 Å². The minimum atomic E-state index is -1.01. The lowest BCUT2D eigenvalue weighted by molar-refractivity contribution is 0.0696. The van der Waals surface area contributed by atoms with E-state index in [4.69, 9.17) is 0 Å². The monoisotopic (exact) mass is 424 g/mol. The number of nitrogens with one attached hydrogen (secondary N) is 1. The van der Waals surface area contributed by atoms with Crippen molar-refractivity contribution in [1.82, 2.24) is 4.98 Å². The van der Waals surface area contributed by atoms with Crippen molar-refractivity contribution >= 4 is 40.5 Å². The Bertz CT molecular complexity index is 1090. The molecule has 1 aromatic heterocycles. The van der Waals surface area contributed by atoms with Crippen LogP contribution in [0.5, 0.6) is 0 Å². The largest absolute Gasteiger partial charge is 0.478 e. The predicted molar refractivity (Wildman–Crippen MR) is 119 cm³/mol. The van der Waals surface area contributed by atoms with Gasteiger partial charge in [-0.25, -0.2) is 14.2 Å². The number of anilines is 1. The molecule has 0 radical (unpaired) electrons. The summed E-state index contributed by atoms with van der Waals surface area (Å²) < 4.78 is 16.3. The van der Waals surface area contributed by atoms with Crippen LogP contribution < -0.4 is 4.72 Å². The van der Waals surface area contributed by atoms with Crippen molar-refractivity contribution < 1.29 is 14.3 Å². The van der Waals surface area contributed by atoms with Crippen LogP contribution in [0.15, 0.2) is 84.3 Å². The average molecular weight is 425 g/mol. The van der Waals surface area contributed by atoms with E-state index in [-0.39, 0.29) is 11.4 Å². The number of aromatic nitrogens is 1. The van der Waals surface area contributed by atoms with Crippen LogP contribution in [0.3, 0.4) is 0 Å². The molecule has 3 rings (SSSR count). The predicted octanol–water partition coefficient (Wildman–Crippen LogP) is 6.52. The number of carboxylic acid groups (broad SMARTS) is 1. The standard InChI is InChI=1S/C22H17FN2O2S2/c1-3-5-14(4-2)19-12-17(10-11-18(19)22(26)27)25-29-20-13-28-21(24-20)15-6-8-16(23)9-7-15/h3-13,25H,1-2H2,(H,26,27)/b14-5+. The lowest BCUT2D eigenvalue weighted by Gasteiger charge is -2.10. The summed E-state index contributed by atoms with van der Waals surface area (Å²) in [4.78, 5) is 16.1. The molecule has 7 heteroatoms. The highest BCUT2D eigenvalue weighted by atomic mass is 32.2. The molecule has 2 aromatic carbocycles. The van der Waals surface area contributed by atoms with E-state index < -0.39 is 5.97 Å². The van der Waals surface area contributed by atoms with Crippen LogP contribution in [-0.4, -0.2) is 16.1 Å². The second kappa shape index (κ2) is 9.36. The van der Waals surface area contributed by atoms with Crippen LogP contribution >= 0.6 is 23.3 Å². The molecule has 0 aliphatic heterocycles. The first-order valence-electron chi connectivity index (χ1n) is 8.49. The molecule has 3 aromatic rings. The SMILES string of the molecule is C=C/C=C(\C=C)c1cc(NSc2csc(-c3ccc(F)cc3)n2)ccc1C(=O)O. The first-order valence-corrected chi connectivity index (χ1v) is 10.2. The summed E-state index contributed by atoms with van der Waals surface area (Å²) in [7, 11) is 0. The van der Waals surface area contributed by atoms with Crippen molar-refractivity contribution in [3.63, 3.8) is 0 Å². The molecule has 0 amide bonds. The van der Waals surface area contributed by atoms with E-state index in [9.17, 15) is 14.3 Å². The van der Waals surface area contributed by atoms with Crippen molar-refractivity contribution in [3.05, 3.63) is 96.2 Å². The fraction of sp³-hybridized carbons (Fsp3) is 0. The number of halogens is 1. The molecule has 0 unspecified atom stereocenters. The Balaban J connectivity index is 1.80. The highest BCUT2D eigenvalue weighted by molar-refractivity contribution is 8.00. The van der Waals surface area contributed by atoms with Crippen molar-refractivity contribution in [2.24, 2.45) is 0 Å². The normalized spacial score (nSPS) is 11.1. The highest BCUT2D eigenvalue weighted by Gasteiger charge is 2.13. The maximum Gasteiger partial charge on any atom is 0.336 e. The van der Waals surface area contributed by atoms with Crippen molar-refractivity contribution in [3.8, 4) is 10.6 Å². The molecule has 0 aliphatic rings. The smallest absolute Gasteiger partial charge is 0.336 e. The molecule has 0 saturated heterocycles. The lowest BCUT2D eigenvalue weighted by Crippen LogP contribution is -2.02. The molecule has 0 spiro atoms. The van der Waals surface area contributed by atoms with Crippen LogP contribution in [0.25, 0.3) is 16.1 Å². The maximum absolute atomic E-state index is 13.1. The van der Waals surface area contributed by atoms with Crippen LogP contribution in [0.2, 0.25) is 0 Å². The van der Waals surface area contributed by atoms with Gasteiger partial charge in [-0.3, -0.25) is 0 Å². The number of carboxylic acids is 1. The van der Waals surface area contributed by atoms with Gasteiger partial charge in [0.25, 0.3) is 0 Å². The second-order valence-corrected chi connectivity index (χ2v) is 7.51. The average Bonchev–Trinajstić information content (AvgIpc) is 3.19. The summed E-state index contributed by atoms with van der Waals surface area (Å²) in [6.07, 6.45) is 4.89. The summed E-state index contributed by atoms with van der Waals surface area (Å²) >= 11 is 2.77. The Morgan fingerprint density at radius 3 is 2.59 bits per heavy atom. The summed E-state index contributed by atoms with van der Waals surface area (Å²) in [6.45, 7) is 7.41. The van der Waals surface area contributed by atoms with E-state index in [0.717, 1.165) is 21.3 Å². The van der Waals surface area contributed by atoms with Gasteiger partial charge in [-0.1, -0.05) is 31.4 Å². The zero-order chi connectivity index (χ0) is 20.8. The zero-order valence-corrected chi connectivity index (χ0v) is 16.9. The maximum atomic E-state index is 13.1. The molecule has 29 heavy (non-hydrogen) atoms. The molecular formula is C22H17FN2O2S2. The van der Waals surface area contributed by atoms with E-state index in [1.54, 1.807) is 48.6 Å². The fourth-order valence-corrected chi connectivity index (χ4v) is 4.14. The van der Waals surface area contributed by atoms with Gasteiger partial charge in [-0.15, -0.1) is 11.3 Å².